The zero-order valence-electron chi connectivity index (χ0n) is 7.93. The van der Waals surface area contributed by atoms with Crippen molar-refractivity contribution in [2.24, 2.45) is 11.8 Å². The highest BCUT2D eigenvalue weighted by atomic mass is 15.3. The van der Waals surface area contributed by atoms with E-state index in [1.807, 2.05) is 0 Å². The lowest BCUT2D eigenvalue weighted by Gasteiger charge is -2.39. The van der Waals surface area contributed by atoms with Gasteiger partial charge in [0.2, 0.25) is 0 Å². The van der Waals surface area contributed by atoms with Gasteiger partial charge >= 0.3 is 0 Å². The molecule has 3 fully saturated rings. The molecule has 2 heterocycles. The Morgan fingerprint density at radius 1 is 1.45 bits per heavy atom. The summed E-state index contributed by atoms with van der Waals surface area (Å²) in [6, 6.07) is 0. The highest BCUT2D eigenvalue weighted by Gasteiger charge is 2.52. The summed E-state index contributed by atoms with van der Waals surface area (Å²) < 4.78 is 0. The zero-order chi connectivity index (χ0) is 8.06. The molecule has 0 atom stereocenters. The van der Waals surface area contributed by atoms with Crippen molar-refractivity contribution < 1.29 is 0 Å². The topological polar surface area (TPSA) is 3.24 Å². The van der Waals surface area contributed by atoms with E-state index in [1.165, 1.54) is 25.9 Å². The number of hydrogen-bond acceptors (Lipinski definition) is 1. The highest BCUT2D eigenvalue weighted by molar-refractivity contribution is 5.07. The van der Waals surface area contributed by atoms with Crippen molar-refractivity contribution in [2.75, 3.05) is 13.1 Å². The van der Waals surface area contributed by atoms with E-state index in [1.54, 1.807) is 0 Å². The van der Waals surface area contributed by atoms with Gasteiger partial charge in [-0.1, -0.05) is 13.8 Å². The zero-order valence-corrected chi connectivity index (χ0v) is 7.93. The largest absolute Gasteiger partial charge is 0.297 e. The molecule has 0 aromatic heterocycles. The van der Waals surface area contributed by atoms with Crippen molar-refractivity contribution in [3.8, 4) is 0 Å². The van der Waals surface area contributed by atoms with Gasteiger partial charge in [0.25, 0.3) is 0 Å². The van der Waals surface area contributed by atoms with Crippen LogP contribution in [-0.2, 0) is 0 Å². The fourth-order valence-electron chi connectivity index (χ4n) is 2.84. The van der Waals surface area contributed by atoms with Gasteiger partial charge in [-0.2, -0.15) is 0 Å². The molecule has 2 aliphatic heterocycles. The Bertz CT molecular complexity index is 156. The summed E-state index contributed by atoms with van der Waals surface area (Å²) in [5, 5.41) is 0. The minimum Gasteiger partial charge on any atom is -0.297 e. The Kier molecular flexibility index (Phi) is 1.54. The quantitative estimate of drug-likeness (QED) is 0.587. The summed E-state index contributed by atoms with van der Waals surface area (Å²) in [4.78, 5) is 2.70. The van der Waals surface area contributed by atoms with E-state index in [-0.39, 0.29) is 0 Å². The average Bonchev–Trinajstić information content (AvgIpc) is 2.18. The van der Waals surface area contributed by atoms with Crippen LogP contribution in [0.15, 0.2) is 0 Å². The van der Waals surface area contributed by atoms with E-state index in [2.05, 4.69) is 25.7 Å². The SMILES string of the molecule is CC(C)CN1CC2CC1(C)C2. The monoisotopic (exact) mass is 153 g/mol. The Hall–Kier alpha value is -0.0400. The smallest absolute Gasteiger partial charge is 0.0187 e. The van der Waals surface area contributed by atoms with Gasteiger partial charge in [-0.05, 0) is 31.6 Å². The van der Waals surface area contributed by atoms with E-state index >= 15 is 0 Å². The predicted molar refractivity (Wildman–Crippen MR) is 47.5 cm³/mol. The standard InChI is InChI=1S/C10H19N/c1-8(2)6-11-7-9-4-10(11,3)5-9/h8-9H,4-7H2,1-3H3. The first kappa shape index (κ1) is 7.60. The first-order valence-corrected chi connectivity index (χ1v) is 4.85. The molecule has 2 saturated heterocycles. The van der Waals surface area contributed by atoms with Crippen molar-refractivity contribution in [1.29, 1.82) is 0 Å². The van der Waals surface area contributed by atoms with Gasteiger partial charge in [0.1, 0.15) is 0 Å². The van der Waals surface area contributed by atoms with Gasteiger partial charge in [0, 0.05) is 18.6 Å². The van der Waals surface area contributed by atoms with Crippen LogP contribution in [0.2, 0.25) is 0 Å². The summed E-state index contributed by atoms with van der Waals surface area (Å²) >= 11 is 0. The van der Waals surface area contributed by atoms with Gasteiger partial charge in [-0.25, -0.2) is 0 Å². The molecular weight excluding hydrogens is 134 g/mol. The first-order chi connectivity index (χ1) is 5.10. The Balaban J connectivity index is 1.95. The summed E-state index contributed by atoms with van der Waals surface area (Å²) in [6.07, 6.45) is 2.94. The molecule has 3 rings (SSSR count). The molecule has 2 bridgehead atoms. The third kappa shape index (κ3) is 1.10. The van der Waals surface area contributed by atoms with Crippen LogP contribution in [0.25, 0.3) is 0 Å². The highest BCUT2D eigenvalue weighted by Crippen LogP contribution is 2.50. The molecule has 0 amide bonds. The molecule has 0 unspecified atom stereocenters. The maximum Gasteiger partial charge on any atom is 0.0187 e. The van der Waals surface area contributed by atoms with Gasteiger partial charge in [-0.3, -0.25) is 4.90 Å². The van der Waals surface area contributed by atoms with E-state index in [0.717, 1.165) is 11.8 Å². The normalized spacial score (nSPS) is 43.1. The van der Waals surface area contributed by atoms with Crippen molar-refractivity contribution in [3.63, 3.8) is 0 Å². The van der Waals surface area contributed by atoms with Crippen LogP contribution < -0.4 is 0 Å². The molecule has 1 nitrogen and oxygen atoms in total. The summed E-state index contributed by atoms with van der Waals surface area (Å²) in [6.45, 7) is 9.76. The van der Waals surface area contributed by atoms with Crippen molar-refractivity contribution >= 4 is 0 Å². The van der Waals surface area contributed by atoms with Crippen LogP contribution in [0.3, 0.4) is 0 Å². The number of nitrogens with zero attached hydrogens (tertiary/aromatic N) is 1. The van der Waals surface area contributed by atoms with Crippen LogP contribution in [0.1, 0.15) is 33.6 Å². The van der Waals surface area contributed by atoms with Crippen LogP contribution in [0.5, 0.6) is 0 Å². The van der Waals surface area contributed by atoms with Gasteiger partial charge in [0.05, 0.1) is 0 Å². The number of fused-ring (bicyclic) bond motifs is 1. The van der Waals surface area contributed by atoms with E-state index in [0.29, 0.717) is 5.54 Å². The third-order valence-corrected chi connectivity index (χ3v) is 3.28. The van der Waals surface area contributed by atoms with Gasteiger partial charge < -0.3 is 0 Å². The van der Waals surface area contributed by atoms with Crippen LogP contribution in [0, 0.1) is 11.8 Å². The predicted octanol–water partition coefficient (Wildman–Crippen LogP) is 2.13. The van der Waals surface area contributed by atoms with Gasteiger partial charge in [0.15, 0.2) is 0 Å². The van der Waals surface area contributed by atoms with Gasteiger partial charge in [-0.15, -0.1) is 0 Å². The number of hydrogen-bond donors (Lipinski definition) is 0. The lowest BCUT2D eigenvalue weighted by Crippen LogP contribution is -2.43. The van der Waals surface area contributed by atoms with Crippen molar-refractivity contribution in [2.45, 2.75) is 39.2 Å². The molecule has 0 radical (unpaired) electrons. The Labute approximate surface area is 69.8 Å². The molecule has 0 spiro atoms. The Morgan fingerprint density at radius 2 is 2.09 bits per heavy atom. The fourth-order valence-corrected chi connectivity index (χ4v) is 2.84. The average molecular weight is 153 g/mol. The molecule has 1 saturated carbocycles. The summed E-state index contributed by atoms with van der Waals surface area (Å²) in [5.74, 6) is 1.89. The molecule has 0 aromatic rings. The van der Waals surface area contributed by atoms with E-state index in [4.69, 9.17) is 0 Å². The minimum atomic E-state index is 0.620. The second-order valence-electron chi connectivity index (χ2n) is 5.07. The minimum absolute atomic E-state index is 0.620. The Morgan fingerprint density at radius 3 is 2.45 bits per heavy atom. The molecule has 11 heavy (non-hydrogen) atoms. The van der Waals surface area contributed by atoms with E-state index < -0.39 is 0 Å². The lowest BCUT2D eigenvalue weighted by molar-refractivity contribution is 0.118. The van der Waals surface area contributed by atoms with Crippen LogP contribution in [-0.4, -0.2) is 23.5 Å². The maximum absolute atomic E-state index is 2.70. The van der Waals surface area contributed by atoms with E-state index in [9.17, 15) is 0 Å². The molecule has 0 N–H and O–H groups in total. The van der Waals surface area contributed by atoms with Crippen LogP contribution in [0.4, 0.5) is 0 Å². The fraction of sp³-hybridized carbons (Fsp3) is 1.00. The third-order valence-electron chi connectivity index (χ3n) is 3.28. The second-order valence-corrected chi connectivity index (χ2v) is 5.07. The van der Waals surface area contributed by atoms with Crippen molar-refractivity contribution in [1.82, 2.24) is 4.90 Å². The lowest BCUT2D eigenvalue weighted by atomic mass is 9.75. The summed E-state index contributed by atoms with van der Waals surface area (Å²) in [7, 11) is 0. The summed E-state index contributed by atoms with van der Waals surface area (Å²) in [5.41, 5.74) is 0.620. The molecule has 1 heteroatoms. The number of rotatable bonds is 2. The molecule has 0 aromatic carbocycles. The maximum atomic E-state index is 2.70. The first-order valence-electron chi connectivity index (χ1n) is 4.85. The molecular formula is C10H19N. The molecule has 1 aliphatic carbocycles. The van der Waals surface area contributed by atoms with Crippen molar-refractivity contribution in [3.05, 3.63) is 0 Å². The molecule has 64 valence electrons. The molecule has 3 aliphatic rings. The second kappa shape index (κ2) is 2.22. The van der Waals surface area contributed by atoms with Crippen LogP contribution >= 0.6 is 0 Å².